The maximum Gasteiger partial charge on any atom is 0.344 e. The van der Waals surface area contributed by atoms with Crippen LogP contribution in [0.5, 0.6) is 0 Å². The third-order valence-electron chi connectivity index (χ3n) is 8.40. The van der Waals surface area contributed by atoms with Crippen LogP contribution in [-0.2, 0) is 0 Å². The molecule has 9 rings (SSSR count). The Morgan fingerprint density at radius 2 is 0.950 bits per heavy atom. The number of para-hydroxylation sites is 2. The minimum Gasteiger partial charge on any atom is -0.422 e. The third kappa shape index (κ3) is 2.81. The minimum absolute atomic E-state index is 0.316. The lowest BCUT2D eigenvalue weighted by Gasteiger charge is -2.14. The summed E-state index contributed by atoms with van der Waals surface area (Å²) in [5.41, 5.74) is 3.44. The van der Waals surface area contributed by atoms with Crippen LogP contribution in [0.3, 0.4) is 0 Å². The summed E-state index contributed by atoms with van der Waals surface area (Å²) in [5, 5.41) is 12.2. The zero-order valence-electron chi connectivity index (χ0n) is 21.4. The van der Waals surface area contributed by atoms with E-state index in [1.165, 1.54) is 32.3 Å². The van der Waals surface area contributed by atoms with E-state index in [9.17, 15) is 4.79 Å². The summed E-state index contributed by atoms with van der Waals surface area (Å²) in [7, 11) is 0. The van der Waals surface area contributed by atoms with Crippen molar-refractivity contribution in [3.63, 3.8) is 0 Å². The molecule has 2 heterocycles. The summed E-state index contributed by atoms with van der Waals surface area (Å²) >= 11 is 0. The van der Waals surface area contributed by atoms with E-state index < -0.39 is 0 Å². The number of hydrogen-bond acceptors (Lipinski definition) is 2. The fourth-order valence-electron chi connectivity index (χ4n) is 6.65. The van der Waals surface area contributed by atoms with Gasteiger partial charge in [0.05, 0.1) is 16.4 Å². The van der Waals surface area contributed by atoms with Gasteiger partial charge >= 0.3 is 5.63 Å². The second-order valence-corrected chi connectivity index (χ2v) is 10.5. The topological polar surface area (TPSA) is 35.1 Å². The van der Waals surface area contributed by atoms with Gasteiger partial charge < -0.3 is 8.98 Å². The molecule has 0 unspecified atom stereocenters. The summed E-state index contributed by atoms with van der Waals surface area (Å²) in [5.74, 6) is 0. The van der Waals surface area contributed by atoms with Crippen LogP contribution in [0.25, 0.3) is 81.6 Å². The van der Waals surface area contributed by atoms with Crippen molar-refractivity contribution in [2.45, 2.75) is 0 Å². The molecule has 3 nitrogen and oxygen atoms in total. The number of fused-ring (bicyclic) bond motifs is 12. The fourth-order valence-corrected chi connectivity index (χ4v) is 6.65. The van der Waals surface area contributed by atoms with E-state index in [0.29, 0.717) is 11.0 Å². The first-order valence-electron chi connectivity index (χ1n) is 13.5. The molecule has 2 aromatic heterocycles. The maximum atomic E-state index is 13.2. The van der Waals surface area contributed by atoms with Crippen LogP contribution < -0.4 is 5.63 Å². The molecule has 7 aromatic carbocycles. The molecule has 0 radical (unpaired) electrons. The lowest BCUT2D eigenvalue weighted by Crippen LogP contribution is -2.01. The lowest BCUT2D eigenvalue weighted by molar-refractivity contribution is 0.570. The zero-order valence-corrected chi connectivity index (χ0v) is 21.4. The zero-order chi connectivity index (χ0) is 26.4. The summed E-state index contributed by atoms with van der Waals surface area (Å²) < 4.78 is 8.01. The van der Waals surface area contributed by atoms with Gasteiger partial charge in [-0.15, -0.1) is 0 Å². The van der Waals surface area contributed by atoms with E-state index in [0.717, 1.165) is 38.3 Å². The standard InChI is InChI=1S/C37H21NO2/c39-37-33-21-35-32(20-31(33)29-14-6-8-16-36(29)40-37)28-13-5-7-15-34(28)38(35)22-17-18-27-25-11-2-1-9-23(25)24-10-3-4-12-26(24)30(27)19-22/h1-21H. The van der Waals surface area contributed by atoms with Gasteiger partial charge in [-0.3, -0.25) is 0 Å². The van der Waals surface area contributed by atoms with Crippen molar-refractivity contribution < 1.29 is 4.42 Å². The van der Waals surface area contributed by atoms with Crippen molar-refractivity contribution in [1.82, 2.24) is 4.57 Å². The highest BCUT2D eigenvalue weighted by Crippen LogP contribution is 2.39. The van der Waals surface area contributed by atoms with E-state index in [1.807, 2.05) is 30.3 Å². The molecular formula is C37H21NO2. The Kier molecular flexibility index (Phi) is 4.20. The molecule has 0 fully saturated rings. The molecule has 186 valence electrons. The minimum atomic E-state index is -0.316. The van der Waals surface area contributed by atoms with Gasteiger partial charge in [0.25, 0.3) is 0 Å². The Hall–Kier alpha value is -5.41. The molecule has 0 atom stereocenters. The monoisotopic (exact) mass is 511 g/mol. The van der Waals surface area contributed by atoms with Gasteiger partial charge in [0.1, 0.15) is 5.58 Å². The number of benzene rings is 7. The van der Waals surface area contributed by atoms with Gasteiger partial charge in [-0.05, 0) is 68.7 Å². The van der Waals surface area contributed by atoms with Crippen LogP contribution >= 0.6 is 0 Å². The van der Waals surface area contributed by atoms with Gasteiger partial charge in [0.15, 0.2) is 0 Å². The second-order valence-electron chi connectivity index (χ2n) is 10.5. The predicted molar refractivity (Wildman–Crippen MR) is 167 cm³/mol. The largest absolute Gasteiger partial charge is 0.422 e. The van der Waals surface area contributed by atoms with E-state index in [2.05, 4.69) is 102 Å². The van der Waals surface area contributed by atoms with Gasteiger partial charge in [-0.2, -0.15) is 0 Å². The third-order valence-corrected chi connectivity index (χ3v) is 8.40. The molecule has 0 spiro atoms. The van der Waals surface area contributed by atoms with Gasteiger partial charge in [-0.25, -0.2) is 4.79 Å². The summed E-state index contributed by atoms with van der Waals surface area (Å²) in [6, 6.07) is 44.4. The predicted octanol–water partition coefficient (Wildman–Crippen LogP) is 9.50. The van der Waals surface area contributed by atoms with Crippen molar-refractivity contribution in [2.75, 3.05) is 0 Å². The lowest BCUT2D eigenvalue weighted by atomic mass is 9.94. The Balaban J connectivity index is 1.44. The van der Waals surface area contributed by atoms with Gasteiger partial charge in [-0.1, -0.05) is 91.0 Å². The van der Waals surface area contributed by atoms with Crippen molar-refractivity contribution in [1.29, 1.82) is 0 Å². The van der Waals surface area contributed by atoms with E-state index in [-0.39, 0.29) is 5.63 Å². The molecule has 0 saturated carbocycles. The molecule has 0 amide bonds. The van der Waals surface area contributed by atoms with Crippen LogP contribution in [0.1, 0.15) is 0 Å². The van der Waals surface area contributed by atoms with E-state index >= 15 is 0 Å². The molecule has 0 saturated heterocycles. The van der Waals surface area contributed by atoms with E-state index in [4.69, 9.17) is 4.42 Å². The van der Waals surface area contributed by atoms with Crippen molar-refractivity contribution >= 4 is 75.9 Å². The Labute approximate surface area is 228 Å². The SMILES string of the molecule is O=c1oc2ccccc2c2cc3c4ccccc4n(-c4ccc5c6ccccc6c6ccccc6c5c4)c3cc12. The molecule has 40 heavy (non-hydrogen) atoms. The number of aromatic nitrogens is 1. The first-order chi connectivity index (χ1) is 19.8. The fraction of sp³-hybridized carbons (Fsp3) is 0. The van der Waals surface area contributed by atoms with Crippen LogP contribution in [0.2, 0.25) is 0 Å². The molecule has 0 aliphatic heterocycles. The van der Waals surface area contributed by atoms with Crippen molar-refractivity contribution in [3.8, 4) is 5.69 Å². The molecule has 9 aromatic rings. The van der Waals surface area contributed by atoms with Crippen molar-refractivity contribution in [3.05, 3.63) is 138 Å². The number of rotatable bonds is 1. The van der Waals surface area contributed by atoms with Gasteiger partial charge in [0.2, 0.25) is 0 Å². The highest BCUT2D eigenvalue weighted by molar-refractivity contribution is 6.26. The normalized spacial score (nSPS) is 12.1. The summed E-state index contributed by atoms with van der Waals surface area (Å²) in [6.07, 6.45) is 0. The molecule has 3 heteroatoms. The maximum absolute atomic E-state index is 13.2. The molecule has 0 N–H and O–H groups in total. The van der Waals surface area contributed by atoms with Gasteiger partial charge in [0, 0.05) is 27.2 Å². The quantitative estimate of drug-likeness (QED) is 0.162. The highest BCUT2D eigenvalue weighted by atomic mass is 16.4. The van der Waals surface area contributed by atoms with Crippen LogP contribution in [0.4, 0.5) is 0 Å². The molecule has 0 aliphatic carbocycles. The van der Waals surface area contributed by atoms with Crippen LogP contribution in [-0.4, -0.2) is 4.57 Å². The Morgan fingerprint density at radius 3 is 1.68 bits per heavy atom. The molecule has 0 aliphatic rings. The average Bonchev–Trinajstić information content (AvgIpc) is 3.34. The van der Waals surface area contributed by atoms with Crippen LogP contribution in [0, 0.1) is 0 Å². The average molecular weight is 512 g/mol. The summed E-state index contributed by atoms with van der Waals surface area (Å²) in [6.45, 7) is 0. The number of nitrogens with zero attached hydrogens (tertiary/aromatic N) is 1. The molecule has 0 bridgehead atoms. The smallest absolute Gasteiger partial charge is 0.344 e. The van der Waals surface area contributed by atoms with E-state index in [1.54, 1.807) is 0 Å². The first kappa shape index (κ1) is 21.5. The Bertz CT molecular complexity index is 2530. The second kappa shape index (κ2) is 7.81. The summed E-state index contributed by atoms with van der Waals surface area (Å²) in [4.78, 5) is 13.2. The molecular weight excluding hydrogens is 490 g/mol. The van der Waals surface area contributed by atoms with Crippen molar-refractivity contribution in [2.24, 2.45) is 0 Å². The van der Waals surface area contributed by atoms with Crippen LogP contribution in [0.15, 0.2) is 137 Å². The highest BCUT2D eigenvalue weighted by Gasteiger charge is 2.17. The first-order valence-corrected chi connectivity index (χ1v) is 13.5. The number of hydrogen-bond donors (Lipinski definition) is 0. The Morgan fingerprint density at radius 1 is 0.400 bits per heavy atom.